The first-order valence-corrected chi connectivity index (χ1v) is 6.15. The maximum atomic E-state index is 11.3. The smallest absolute Gasteiger partial charge is 0.222 e. The summed E-state index contributed by atoms with van der Waals surface area (Å²) in [4.78, 5) is 12.9. The first kappa shape index (κ1) is 14.8. The molecule has 1 amide bonds. The van der Waals surface area contributed by atoms with Crippen molar-refractivity contribution in [2.75, 3.05) is 20.7 Å². The lowest BCUT2D eigenvalue weighted by Crippen LogP contribution is -2.21. The number of aliphatic hydroxyl groups excluding tert-OH is 1. The van der Waals surface area contributed by atoms with E-state index < -0.39 is 0 Å². The van der Waals surface area contributed by atoms with E-state index in [9.17, 15) is 9.90 Å². The van der Waals surface area contributed by atoms with Crippen molar-refractivity contribution < 1.29 is 14.6 Å². The number of amides is 1. The van der Waals surface area contributed by atoms with Gasteiger partial charge in [-0.1, -0.05) is 17.7 Å². The highest BCUT2D eigenvalue weighted by molar-refractivity contribution is 6.31. The molecule has 4 nitrogen and oxygen atoms in total. The van der Waals surface area contributed by atoms with Crippen molar-refractivity contribution in [2.45, 2.75) is 19.4 Å². The zero-order valence-electron chi connectivity index (χ0n) is 10.6. The van der Waals surface area contributed by atoms with Crippen molar-refractivity contribution in [1.29, 1.82) is 0 Å². The van der Waals surface area contributed by atoms with E-state index in [0.717, 1.165) is 0 Å². The summed E-state index contributed by atoms with van der Waals surface area (Å²) in [6.45, 7) is 0.262. The molecule has 0 fully saturated rings. The normalized spacial score (nSPS) is 10.2. The third kappa shape index (κ3) is 4.20. The summed E-state index contributed by atoms with van der Waals surface area (Å²) >= 11 is 5.93. The maximum absolute atomic E-state index is 11.3. The van der Waals surface area contributed by atoms with Gasteiger partial charge in [0.1, 0.15) is 5.75 Å². The van der Waals surface area contributed by atoms with Crippen molar-refractivity contribution in [1.82, 2.24) is 4.90 Å². The number of nitrogens with zero attached hydrogens (tertiary/aromatic N) is 1. The zero-order valence-corrected chi connectivity index (χ0v) is 11.4. The Kier molecular flexibility index (Phi) is 5.95. The summed E-state index contributed by atoms with van der Waals surface area (Å²) in [7, 11) is 3.45. The van der Waals surface area contributed by atoms with Gasteiger partial charge in [-0.15, -0.1) is 0 Å². The first-order valence-electron chi connectivity index (χ1n) is 5.77. The van der Waals surface area contributed by atoms with E-state index in [1.807, 2.05) is 0 Å². The molecule has 0 aliphatic rings. The summed E-state index contributed by atoms with van der Waals surface area (Å²) in [6, 6.07) is 5.22. The molecule has 100 valence electrons. The molecule has 0 saturated carbocycles. The fraction of sp³-hybridized carbons (Fsp3) is 0.462. The zero-order chi connectivity index (χ0) is 13.5. The van der Waals surface area contributed by atoms with Gasteiger partial charge in [0.2, 0.25) is 5.91 Å². The lowest BCUT2D eigenvalue weighted by Gasteiger charge is -2.12. The van der Waals surface area contributed by atoms with Gasteiger partial charge < -0.3 is 14.7 Å². The Morgan fingerprint density at radius 2 is 2.17 bits per heavy atom. The molecule has 0 aliphatic carbocycles. The van der Waals surface area contributed by atoms with Crippen LogP contribution in [0.2, 0.25) is 5.02 Å². The summed E-state index contributed by atoms with van der Waals surface area (Å²) in [5, 5.41) is 9.68. The molecular formula is C13H18ClNO3. The van der Waals surface area contributed by atoms with Crippen LogP contribution in [-0.4, -0.2) is 36.6 Å². The van der Waals surface area contributed by atoms with Gasteiger partial charge >= 0.3 is 0 Å². The van der Waals surface area contributed by atoms with Crippen LogP contribution < -0.4 is 4.74 Å². The molecular weight excluding hydrogens is 254 g/mol. The van der Waals surface area contributed by atoms with Crippen LogP contribution in [-0.2, 0) is 11.4 Å². The number of benzene rings is 1. The van der Waals surface area contributed by atoms with Gasteiger partial charge in [0.05, 0.1) is 13.2 Å². The van der Waals surface area contributed by atoms with Gasteiger partial charge in [0.15, 0.2) is 0 Å². The average Bonchev–Trinajstić information content (AvgIpc) is 2.34. The van der Waals surface area contributed by atoms with Crippen molar-refractivity contribution in [3.63, 3.8) is 0 Å². The van der Waals surface area contributed by atoms with Crippen LogP contribution in [0.3, 0.4) is 0 Å². The lowest BCUT2D eigenvalue weighted by atomic mass is 10.2. The number of aliphatic hydroxyl groups is 1. The summed E-state index contributed by atoms with van der Waals surface area (Å²) < 4.78 is 5.52. The van der Waals surface area contributed by atoms with Crippen molar-refractivity contribution >= 4 is 17.5 Å². The van der Waals surface area contributed by atoms with Crippen LogP contribution in [0.1, 0.15) is 18.4 Å². The number of rotatable bonds is 6. The highest BCUT2D eigenvalue weighted by Gasteiger charge is 2.08. The highest BCUT2D eigenvalue weighted by Crippen LogP contribution is 2.26. The number of hydrogen-bond acceptors (Lipinski definition) is 3. The second-order valence-electron chi connectivity index (χ2n) is 4.11. The Balaban J connectivity index is 2.45. The molecule has 0 atom stereocenters. The minimum Gasteiger partial charge on any atom is -0.493 e. The predicted molar refractivity (Wildman–Crippen MR) is 70.8 cm³/mol. The third-order valence-electron chi connectivity index (χ3n) is 2.53. The van der Waals surface area contributed by atoms with Gasteiger partial charge in [0, 0.05) is 31.1 Å². The Morgan fingerprint density at radius 3 is 2.78 bits per heavy atom. The molecule has 5 heteroatoms. The fourth-order valence-corrected chi connectivity index (χ4v) is 1.68. The van der Waals surface area contributed by atoms with E-state index in [1.54, 1.807) is 37.2 Å². The van der Waals surface area contributed by atoms with E-state index in [2.05, 4.69) is 0 Å². The van der Waals surface area contributed by atoms with Crippen molar-refractivity contribution in [3.05, 3.63) is 28.8 Å². The van der Waals surface area contributed by atoms with E-state index in [0.29, 0.717) is 35.8 Å². The van der Waals surface area contributed by atoms with E-state index in [4.69, 9.17) is 16.3 Å². The Bertz CT molecular complexity index is 407. The molecule has 0 heterocycles. The van der Waals surface area contributed by atoms with Crippen LogP contribution in [0, 0.1) is 0 Å². The van der Waals surface area contributed by atoms with E-state index in [1.165, 1.54) is 0 Å². The third-order valence-corrected chi connectivity index (χ3v) is 2.88. The Hall–Kier alpha value is -1.26. The van der Waals surface area contributed by atoms with Crippen LogP contribution in [0.4, 0.5) is 0 Å². The quantitative estimate of drug-likeness (QED) is 0.806. The summed E-state index contributed by atoms with van der Waals surface area (Å²) in [6.07, 6.45) is 1.08. The number of carbonyl (C=O) groups is 1. The maximum Gasteiger partial charge on any atom is 0.222 e. The summed E-state index contributed by atoms with van der Waals surface area (Å²) in [5.74, 6) is 0.648. The van der Waals surface area contributed by atoms with Gasteiger partial charge in [-0.2, -0.15) is 0 Å². The fourth-order valence-electron chi connectivity index (χ4n) is 1.46. The molecule has 0 spiro atoms. The number of ether oxygens (including phenoxy) is 1. The second-order valence-corrected chi connectivity index (χ2v) is 4.52. The molecule has 1 N–H and O–H groups in total. The average molecular weight is 272 g/mol. The lowest BCUT2D eigenvalue weighted by molar-refractivity contribution is -0.128. The van der Waals surface area contributed by atoms with Gasteiger partial charge in [-0.25, -0.2) is 0 Å². The van der Waals surface area contributed by atoms with Gasteiger partial charge in [0.25, 0.3) is 0 Å². The molecule has 0 bridgehead atoms. The molecule has 1 rings (SSSR count). The molecule has 0 aliphatic heterocycles. The molecule has 18 heavy (non-hydrogen) atoms. The van der Waals surface area contributed by atoms with Crippen LogP contribution in [0.15, 0.2) is 18.2 Å². The van der Waals surface area contributed by atoms with Gasteiger partial charge in [-0.3, -0.25) is 4.79 Å². The van der Waals surface area contributed by atoms with Gasteiger partial charge in [-0.05, 0) is 18.6 Å². The molecule has 0 saturated heterocycles. The van der Waals surface area contributed by atoms with Crippen LogP contribution in [0.25, 0.3) is 0 Å². The van der Waals surface area contributed by atoms with Crippen LogP contribution in [0.5, 0.6) is 5.75 Å². The first-order chi connectivity index (χ1) is 8.56. The minimum atomic E-state index is -0.161. The van der Waals surface area contributed by atoms with E-state index in [-0.39, 0.29) is 12.5 Å². The predicted octanol–water partition coefficient (Wildman–Crippen LogP) is 2.08. The topological polar surface area (TPSA) is 49.8 Å². The molecule has 0 radical (unpaired) electrons. The van der Waals surface area contributed by atoms with Crippen LogP contribution >= 0.6 is 11.6 Å². The largest absolute Gasteiger partial charge is 0.493 e. The van der Waals surface area contributed by atoms with E-state index >= 15 is 0 Å². The second kappa shape index (κ2) is 7.24. The molecule has 0 aromatic heterocycles. The monoisotopic (exact) mass is 271 g/mol. The number of halogens is 1. The molecule has 1 aromatic carbocycles. The SMILES string of the molecule is CN(C)C(=O)CCCOc1cccc(Cl)c1CO. The molecule has 1 aromatic rings. The Morgan fingerprint density at radius 1 is 1.44 bits per heavy atom. The number of hydrogen-bond donors (Lipinski definition) is 1. The Labute approximate surface area is 112 Å². The minimum absolute atomic E-state index is 0.0760. The standard InChI is InChI=1S/C13H18ClNO3/c1-15(2)13(17)7-4-8-18-12-6-3-5-11(14)10(12)9-16/h3,5-6,16H,4,7-9H2,1-2H3. The molecule has 0 unspecified atom stereocenters. The number of carbonyl (C=O) groups excluding carboxylic acids is 1. The van der Waals surface area contributed by atoms with Crippen molar-refractivity contribution in [2.24, 2.45) is 0 Å². The summed E-state index contributed by atoms with van der Waals surface area (Å²) in [5.41, 5.74) is 0.582. The van der Waals surface area contributed by atoms with Crippen molar-refractivity contribution in [3.8, 4) is 5.75 Å². The highest BCUT2D eigenvalue weighted by atomic mass is 35.5.